The zero-order valence-corrected chi connectivity index (χ0v) is 14.3. The number of nitrogens with zero attached hydrogens (tertiary/aromatic N) is 2. The molecule has 114 valence electrons. The summed E-state index contributed by atoms with van der Waals surface area (Å²) in [6.07, 6.45) is 0.685. The highest BCUT2D eigenvalue weighted by atomic mass is 35.5. The molecule has 0 aliphatic carbocycles. The van der Waals surface area contributed by atoms with E-state index in [0.29, 0.717) is 16.5 Å². The summed E-state index contributed by atoms with van der Waals surface area (Å²) in [5.41, 5.74) is 1.61. The molecule has 2 rings (SSSR count). The molecule has 0 aromatic carbocycles. The van der Waals surface area contributed by atoms with E-state index in [1.807, 2.05) is 31.2 Å². The number of hydrogen-bond acceptors (Lipinski definition) is 4. The summed E-state index contributed by atoms with van der Waals surface area (Å²) >= 11 is 6.95. The highest BCUT2D eigenvalue weighted by Crippen LogP contribution is 2.25. The van der Waals surface area contributed by atoms with Gasteiger partial charge in [-0.25, -0.2) is 8.42 Å². The van der Waals surface area contributed by atoms with Gasteiger partial charge in [-0.15, -0.1) is 22.9 Å². The molecule has 0 aliphatic heterocycles. The van der Waals surface area contributed by atoms with Crippen molar-refractivity contribution in [2.24, 2.45) is 0 Å². The summed E-state index contributed by atoms with van der Waals surface area (Å²) in [5.74, 6) is 0.489. The minimum absolute atomic E-state index is 0.257. The largest absolute Gasteiger partial charge is 0.257 e. The fourth-order valence-electron chi connectivity index (χ4n) is 1.88. The normalized spacial score (nSPS) is 12.0. The number of thiophene rings is 1. The van der Waals surface area contributed by atoms with Crippen molar-refractivity contribution in [2.45, 2.75) is 24.1 Å². The zero-order valence-electron chi connectivity index (χ0n) is 11.9. The van der Waals surface area contributed by atoms with Crippen molar-refractivity contribution < 1.29 is 8.42 Å². The third-order valence-corrected chi connectivity index (χ3v) is 6.58. The van der Waals surface area contributed by atoms with E-state index in [2.05, 4.69) is 4.98 Å². The molecular weight excluding hydrogens is 328 g/mol. The number of halogens is 1. The van der Waals surface area contributed by atoms with Gasteiger partial charge in [-0.2, -0.15) is 4.31 Å². The van der Waals surface area contributed by atoms with Crippen molar-refractivity contribution >= 4 is 33.0 Å². The van der Waals surface area contributed by atoms with Crippen LogP contribution in [0.3, 0.4) is 0 Å². The molecule has 0 atom stereocenters. The quantitative estimate of drug-likeness (QED) is 0.757. The van der Waals surface area contributed by atoms with Crippen molar-refractivity contribution in [3.8, 4) is 0 Å². The Labute approximate surface area is 134 Å². The van der Waals surface area contributed by atoms with E-state index in [-0.39, 0.29) is 6.54 Å². The van der Waals surface area contributed by atoms with Gasteiger partial charge in [0.15, 0.2) is 0 Å². The van der Waals surface area contributed by atoms with Crippen LogP contribution in [0.2, 0.25) is 0 Å². The van der Waals surface area contributed by atoms with Crippen molar-refractivity contribution in [3.05, 3.63) is 46.6 Å². The van der Waals surface area contributed by atoms with E-state index in [1.54, 1.807) is 13.1 Å². The zero-order chi connectivity index (χ0) is 15.5. The maximum atomic E-state index is 12.5. The maximum absolute atomic E-state index is 12.5. The molecule has 0 bridgehead atoms. The highest BCUT2D eigenvalue weighted by molar-refractivity contribution is 7.91. The average molecular weight is 345 g/mol. The molecule has 2 heterocycles. The number of sulfonamides is 1. The molecule has 21 heavy (non-hydrogen) atoms. The van der Waals surface area contributed by atoms with Gasteiger partial charge in [0, 0.05) is 23.5 Å². The van der Waals surface area contributed by atoms with E-state index in [4.69, 9.17) is 11.6 Å². The Kier molecular flexibility index (Phi) is 5.37. The number of aryl methyl sites for hydroxylation is 2. The van der Waals surface area contributed by atoms with Crippen LogP contribution in [0.5, 0.6) is 0 Å². The second-order valence-corrected chi connectivity index (χ2v) is 8.51. The number of hydrogen-bond donors (Lipinski definition) is 0. The van der Waals surface area contributed by atoms with E-state index in [0.717, 1.165) is 16.3 Å². The highest BCUT2D eigenvalue weighted by Gasteiger charge is 2.23. The Balaban J connectivity index is 2.17. The second-order valence-electron chi connectivity index (χ2n) is 4.69. The number of pyridine rings is 1. The van der Waals surface area contributed by atoms with Crippen LogP contribution in [0.4, 0.5) is 0 Å². The van der Waals surface area contributed by atoms with E-state index in [9.17, 15) is 8.42 Å². The van der Waals surface area contributed by atoms with Gasteiger partial charge < -0.3 is 0 Å². The summed E-state index contributed by atoms with van der Waals surface area (Å²) in [4.78, 5) is 5.31. The SMILES string of the molecule is Cc1cccc(CN(C)S(=O)(=O)c2ccc(CCCl)s2)n1. The van der Waals surface area contributed by atoms with Gasteiger partial charge in [0.1, 0.15) is 4.21 Å². The van der Waals surface area contributed by atoms with Crippen LogP contribution in [0.15, 0.2) is 34.5 Å². The molecule has 0 saturated carbocycles. The van der Waals surface area contributed by atoms with Gasteiger partial charge in [-0.1, -0.05) is 6.07 Å². The van der Waals surface area contributed by atoms with E-state index in [1.165, 1.54) is 15.6 Å². The average Bonchev–Trinajstić information content (AvgIpc) is 2.88. The predicted molar refractivity (Wildman–Crippen MR) is 86.4 cm³/mol. The first-order chi connectivity index (χ1) is 9.93. The van der Waals surface area contributed by atoms with Crippen molar-refractivity contribution in [1.29, 1.82) is 0 Å². The fourth-order valence-corrected chi connectivity index (χ4v) is 4.90. The molecule has 0 radical (unpaired) electrons. The molecule has 0 N–H and O–H groups in total. The van der Waals surface area contributed by atoms with Gasteiger partial charge in [-0.3, -0.25) is 4.98 Å². The van der Waals surface area contributed by atoms with Gasteiger partial charge in [-0.05, 0) is 37.6 Å². The first kappa shape index (κ1) is 16.4. The molecule has 0 spiro atoms. The van der Waals surface area contributed by atoms with Crippen LogP contribution >= 0.6 is 22.9 Å². The molecule has 0 fully saturated rings. The third-order valence-electron chi connectivity index (χ3n) is 2.97. The van der Waals surface area contributed by atoms with Crippen LogP contribution in [0, 0.1) is 6.92 Å². The van der Waals surface area contributed by atoms with Crippen LogP contribution in [-0.4, -0.2) is 30.6 Å². The van der Waals surface area contributed by atoms with E-state index >= 15 is 0 Å². The van der Waals surface area contributed by atoms with Crippen molar-refractivity contribution in [2.75, 3.05) is 12.9 Å². The number of alkyl halides is 1. The lowest BCUT2D eigenvalue weighted by Gasteiger charge is -2.15. The summed E-state index contributed by atoms with van der Waals surface area (Å²) in [6, 6.07) is 9.05. The molecule has 0 saturated heterocycles. The number of aromatic nitrogens is 1. The van der Waals surface area contributed by atoms with Gasteiger partial charge in [0.2, 0.25) is 0 Å². The van der Waals surface area contributed by atoms with E-state index < -0.39 is 10.0 Å². The number of rotatable bonds is 6. The lowest BCUT2D eigenvalue weighted by molar-refractivity contribution is 0.463. The Morgan fingerprint density at radius 2 is 2.05 bits per heavy atom. The van der Waals surface area contributed by atoms with Crippen molar-refractivity contribution in [3.63, 3.8) is 0 Å². The first-order valence-corrected chi connectivity index (χ1v) is 9.26. The first-order valence-electron chi connectivity index (χ1n) is 6.47. The lowest BCUT2D eigenvalue weighted by atomic mass is 10.3. The molecular formula is C14H17ClN2O2S2. The topological polar surface area (TPSA) is 50.3 Å². The van der Waals surface area contributed by atoms with Crippen LogP contribution < -0.4 is 0 Å². The predicted octanol–water partition coefficient (Wildman–Crippen LogP) is 3.05. The fraction of sp³-hybridized carbons (Fsp3) is 0.357. The van der Waals surface area contributed by atoms with Crippen LogP contribution in [-0.2, 0) is 23.0 Å². The monoisotopic (exact) mass is 344 g/mol. The van der Waals surface area contributed by atoms with Gasteiger partial charge in [0.25, 0.3) is 10.0 Å². The minimum Gasteiger partial charge on any atom is -0.257 e. The summed E-state index contributed by atoms with van der Waals surface area (Å²) in [7, 11) is -1.91. The maximum Gasteiger partial charge on any atom is 0.252 e. The lowest BCUT2D eigenvalue weighted by Crippen LogP contribution is -2.26. The molecule has 2 aromatic rings. The Bertz CT molecular complexity index is 713. The summed E-state index contributed by atoms with van der Waals surface area (Å²) in [5, 5.41) is 0. The van der Waals surface area contributed by atoms with Crippen molar-refractivity contribution in [1.82, 2.24) is 9.29 Å². The molecule has 0 aliphatic rings. The summed E-state index contributed by atoms with van der Waals surface area (Å²) in [6.45, 7) is 2.14. The summed E-state index contributed by atoms with van der Waals surface area (Å²) < 4.78 is 26.7. The molecule has 0 amide bonds. The Morgan fingerprint density at radius 1 is 1.29 bits per heavy atom. The molecule has 2 aromatic heterocycles. The second kappa shape index (κ2) is 6.87. The molecule has 4 nitrogen and oxygen atoms in total. The van der Waals surface area contributed by atoms with Gasteiger partial charge in [0.05, 0.1) is 12.2 Å². The Morgan fingerprint density at radius 3 is 2.71 bits per heavy atom. The molecule has 7 heteroatoms. The van der Waals surface area contributed by atoms with Crippen LogP contribution in [0.1, 0.15) is 16.3 Å². The Hall–Kier alpha value is -0.950. The standard InChI is InChI=1S/C14H17ClN2O2S2/c1-11-4-3-5-12(16-11)10-17(2)21(18,19)14-7-6-13(20-14)8-9-15/h3-7H,8-10H2,1-2H3. The third kappa shape index (κ3) is 4.03. The molecule has 0 unspecified atom stereocenters. The van der Waals surface area contributed by atoms with Gasteiger partial charge >= 0.3 is 0 Å². The minimum atomic E-state index is -3.48. The van der Waals surface area contributed by atoms with Crippen LogP contribution in [0.25, 0.3) is 0 Å². The smallest absolute Gasteiger partial charge is 0.252 e.